The standard InChI is InChI=1S/C25H20ClFN2O5S3/c1-36(31,32)23-5-3-2-4-18(23)15-6-8-21(19(27)13-15)29-11-10-20(25(29)30)28-37(33,34)24-14-16-12-17(26)7-9-22(16)35-24/h2-9,12-14,20,28H,10-11H2,1H3/t20-/m0/s1. The first kappa shape index (κ1) is 25.8. The van der Waals surface area contributed by atoms with Crippen molar-refractivity contribution in [2.45, 2.75) is 21.6 Å². The fourth-order valence-corrected chi connectivity index (χ4v) is 8.03. The van der Waals surface area contributed by atoms with E-state index in [1.54, 1.807) is 36.4 Å². The van der Waals surface area contributed by atoms with Gasteiger partial charge in [0.25, 0.3) is 10.0 Å². The first-order valence-electron chi connectivity index (χ1n) is 11.1. The third-order valence-corrected chi connectivity index (χ3v) is 10.5. The lowest BCUT2D eigenvalue weighted by molar-refractivity contribution is -0.118. The molecule has 12 heteroatoms. The molecule has 1 aliphatic rings. The van der Waals surface area contributed by atoms with Crippen LogP contribution in [0.4, 0.5) is 10.1 Å². The van der Waals surface area contributed by atoms with Gasteiger partial charge >= 0.3 is 0 Å². The molecule has 1 atom stereocenters. The summed E-state index contributed by atoms with van der Waals surface area (Å²) in [6, 6.07) is 15.9. The number of fused-ring (bicyclic) bond motifs is 1. The van der Waals surface area contributed by atoms with Crippen molar-refractivity contribution in [1.82, 2.24) is 4.72 Å². The van der Waals surface area contributed by atoms with Crippen LogP contribution < -0.4 is 9.62 Å². The van der Waals surface area contributed by atoms with E-state index in [1.807, 2.05) is 0 Å². The number of sulfone groups is 1. The Bertz CT molecular complexity index is 1770. The number of benzene rings is 3. The van der Waals surface area contributed by atoms with Crippen LogP contribution in [0.3, 0.4) is 0 Å². The molecule has 1 aliphatic heterocycles. The average molecular weight is 579 g/mol. The minimum atomic E-state index is -4.00. The lowest BCUT2D eigenvalue weighted by atomic mass is 10.0. The Hall–Kier alpha value is -2.83. The first-order valence-corrected chi connectivity index (χ1v) is 15.6. The minimum Gasteiger partial charge on any atom is -0.308 e. The molecule has 1 amide bonds. The van der Waals surface area contributed by atoms with E-state index in [0.29, 0.717) is 21.5 Å². The van der Waals surface area contributed by atoms with Gasteiger partial charge in [0.05, 0.1) is 10.6 Å². The van der Waals surface area contributed by atoms with E-state index in [1.165, 1.54) is 35.2 Å². The Morgan fingerprint density at radius 3 is 2.51 bits per heavy atom. The molecule has 1 aromatic heterocycles. The van der Waals surface area contributed by atoms with Gasteiger partial charge in [0, 0.05) is 28.1 Å². The van der Waals surface area contributed by atoms with Crippen molar-refractivity contribution >= 4 is 64.5 Å². The topological polar surface area (TPSA) is 101 Å². The van der Waals surface area contributed by atoms with Crippen LogP contribution in [0, 0.1) is 5.82 Å². The summed E-state index contributed by atoms with van der Waals surface area (Å²) >= 11 is 7.05. The number of anilines is 1. The van der Waals surface area contributed by atoms with E-state index in [9.17, 15) is 21.6 Å². The summed E-state index contributed by atoms with van der Waals surface area (Å²) in [6.07, 6.45) is 1.24. The van der Waals surface area contributed by atoms with E-state index in [2.05, 4.69) is 4.72 Å². The smallest absolute Gasteiger partial charge is 0.250 e. The van der Waals surface area contributed by atoms with Crippen LogP contribution in [-0.2, 0) is 24.7 Å². The van der Waals surface area contributed by atoms with E-state index < -0.39 is 37.6 Å². The molecular weight excluding hydrogens is 559 g/mol. The lowest BCUT2D eigenvalue weighted by Gasteiger charge is -2.19. The van der Waals surface area contributed by atoms with E-state index in [-0.39, 0.29) is 27.8 Å². The Morgan fingerprint density at radius 1 is 1.03 bits per heavy atom. The molecule has 5 rings (SSSR count). The second kappa shape index (κ2) is 9.48. The van der Waals surface area contributed by atoms with Crippen molar-refractivity contribution in [3.8, 4) is 11.1 Å². The zero-order chi connectivity index (χ0) is 26.5. The maximum Gasteiger partial charge on any atom is 0.250 e. The zero-order valence-electron chi connectivity index (χ0n) is 19.3. The molecule has 0 radical (unpaired) electrons. The third-order valence-electron chi connectivity index (χ3n) is 6.06. The minimum absolute atomic E-state index is 0.0104. The number of carbonyl (C=O) groups is 1. The van der Waals surface area contributed by atoms with Crippen molar-refractivity contribution in [1.29, 1.82) is 0 Å². The van der Waals surface area contributed by atoms with Crippen molar-refractivity contribution in [2.75, 3.05) is 17.7 Å². The van der Waals surface area contributed by atoms with Gasteiger partial charge in [-0.25, -0.2) is 21.2 Å². The van der Waals surface area contributed by atoms with Crippen molar-refractivity contribution in [3.05, 3.63) is 77.6 Å². The molecule has 2 heterocycles. The average Bonchev–Trinajstić information content (AvgIpc) is 3.42. The normalized spacial score (nSPS) is 16.6. The van der Waals surface area contributed by atoms with Crippen LogP contribution in [0.5, 0.6) is 0 Å². The maximum atomic E-state index is 15.2. The molecule has 1 fully saturated rings. The van der Waals surface area contributed by atoms with Gasteiger partial charge in [0.1, 0.15) is 16.1 Å². The highest BCUT2D eigenvalue weighted by atomic mass is 35.5. The van der Waals surface area contributed by atoms with Crippen LogP contribution >= 0.6 is 22.9 Å². The fraction of sp³-hybridized carbons (Fsp3) is 0.160. The summed E-state index contributed by atoms with van der Waals surface area (Å²) in [7, 11) is -7.55. The van der Waals surface area contributed by atoms with Gasteiger partial charge in [-0.15, -0.1) is 11.3 Å². The molecule has 4 aromatic rings. The maximum absolute atomic E-state index is 15.2. The number of hydrogen-bond acceptors (Lipinski definition) is 6. The summed E-state index contributed by atoms with van der Waals surface area (Å²) in [4.78, 5) is 14.3. The largest absolute Gasteiger partial charge is 0.308 e. The Balaban J connectivity index is 1.38. The number of rotatable bonds is 6. The number of nitrogens with one attached hydrogen (secondary N) is 1. The molecule has 0 bridgehead atoms. The van der Waals surface area contributed by atoms with E-state index in [4.69, 9.17) is 11.6 Å². The predicted octanol–water partition coefficient (Wildman–Crippen LogP) is 4.85. The van der Waals surface area contributed by atoms with Crippen LogP contribution in [-0.4, -0.2) is 41.6 Å². The van der Waals surface area contributed by atoms with Crippen LogP contribution in [0.25, 0.3) is 21.2 Å². The monoisotopic (exact) mass is 578 g/mol. The molecule has 192 valence electrons. The summed E-state index contributed by atoms with van der Waals surface area (Å²) in [5.41, 5.74) is 0.679. The number of thiophene rings is 1. The highest BCUT2D eigenvalue weighted by molar-refractivity contribution is 7.92. The van der Waals surface area contributed by atoms with E-state index in [0.717, 1.165) is 22.3 Å². The predicted molar refractivity (Wildman–Crippen MR) is 143 cm³/mol. The third kappa shape index (κ3) is 5.01. The Labute approximate surface area is 222 Å². The molecule has 3 aromatic carbocycles. The van der Waals surface area contributed by atoms with E-state index >= 15 is 4.39 Å². The quantitative estimate of drug-likeness (QED) is 0.353. The molecule has 1 saturated heterocycles. The van der Waals surface area contributed by atoms with Crippen molar-refractivity contribution in [3.63, 3.8) is 0 Å². The van der Waals surface area contributed by atoms with Gasteiger partial charge < -0.3 is 4.90 Å². The molecule has 7 nitrogen and oxygen atoms in total. The van der Waals surface area contributed by atoms with Gasteiger partial charge in [0.15, 0.2) is 9.84 Å². The van der Waals surface area contributed by atoms with Gasteiger partial charge in [-0.1, -0.05) is 35.9 Å². The highest BCUT2D eigenvalue weighted by Gasteiger charge is 2.37. The molecular formula is C25H20ClFN2O5S3. The number of amides is 1. The van der Waals surface area contributed by atoms with Crippen molar-refractivity contribution in [2.24, 2.45) is 0 Å². The molecule has 0 unspecified atom stereocenters. The summed E-state index contributed by atoms with van der Waals surface area (Å²) in [5.74, 6) is -1.30. The summed E-state index contributed by atoms with van der Waals surface area (Å²) in [6.45, 7) is 0.115. The second-order valence-electron chi connectivity index (χ2n) is 8.63. The zero-order valence-corrected chi connectivity index (χ0v) is 22.5. The second-order valence-corrected chi connectivity index (χ2v) is 14.1. The Kier molecular flexibility index (Phi) is 6.61. The van der Waals surface area contributed by atoms with Gasteiger partial charge in [-0.05, 0) is 59.8 Å². The molecule has 0 saturated carbocycles. The van der Waals surface area contributed by atoms with Gasteiger partial charge in [-0.3, -0.25) is 4.79 Å². The van der Waals surface area contributed by atoms with Crippen molar-refractivity contribution < 1.29 is 26.0 Å². The molecule has 37 heavy (non-hydrogen) atoms. The van der Waals surface area contributed by atoms with Crippen LogP contribution in [0.2, 0.25) is 5.02 Å². The van der Waals surface area contributed by atoms with Gasteiger partial charge in [-0.2, -0.15) is 4.72 Å². The summed E-state index contributed by atoms with van der Waals surface area (Å²) in [5, 5.41) is 1.16. The van der Waals surface area contributed by atoms with Crippen LogP contribution in [0.15, 0.2) is 75.8 Å². The summed E-state index contributed by atoms with van der Waals surface area (Å²) < 4.78 is 68.7. The molecule has 1 N–H and O–H groups in total. The Morgan fingerprint density at radius 2 is 1.78 bits per heavy atom. The number of sulfonamides is 1. The number of halogens is 2. The highest BCUT2D eigenvalue weighted by Crippen LogP contribution is 2.34. The fourth-order valence-electron chi connectivity index (χ4n) is 4.32. The SMILES string of the molecule is CS(=O)(=O)c1ccccc1-c1ccc(N2CC[C@H](NS(=O)(=O)c3cc4cc(Cl)ccc4s3)C2=O)c(F)c1. The number of nitrogens with zero attached hydrogens (tertiary/aromatic N) is 1. The van der Waals surface area contributed by atoms with Crippen LogP contribution in [0.1, 0.15) is 6.42 Å². The first-order chi connectivity index (χ1) is 17.4. The number of carbonyl (C=O) groups excluding carboxylic acids is 1. The van der Waals surface area contributed by atoms with Gasteiger partial charge in [0.2, 0.25) is 5.91 Å². The lowest BCUT2D eigenvalue weighted by Crippen LogP contribution is -2.41. The molecule has 0 spiro atoms. The molecule has 0 aliphatic carbocycles. The number of hydrogen-bond donors (Lipinski definition) is 1.